The molecule has 1 aliphatic heterocycles. The van der Waals surface area contributed by atoms with Crippen LogP contribution in [-0.4, -0.2) is 36.0 Å². The van der Waals surface area contributed by atoms with Crippen LogP contribution in [0.1, 0.15) is 40.0 Å². The third-order valence-corrected chi connectivity index (χ3v) is 3.01. The lowest BCUT2D eigenvalue weighted by atomic mass is 10.1. The van der Waals surface area contributed by atoms with Crippen molar-refractivity contribution in [2.45, 2.75) is 52.1 Å². The van der Waals surface area contributed by atoms with E-state index in [1.54, 1.807) is 0 Å². The fraction of sp³-hybridized carbons (Fsp3) is 0.909. The van der Waals surface area contributed by atoms with Crippen LogP contribution in [0.2, 0.25) is 0 Å². The molecule has 3 heteroatoms. The van der Waals surface area contributed by atoms with Gasteiger partial charge in [-0.1, -0.05) is 13.8 Å². The van der Waals surface area contributed by atoms with Gasteiger partial charge in [-0.15, -0.1) is 0 Å². The fourth-order valence-electron chi connectivity index (χ4n) is 2.19. The molecule has 0 aliphatic carbocycles. The van der Waals surface area contributed by atoms with E-state index in [1.807, 2.05) is 18.7 Å². The second-order valence-corrected chi connectivity index (χ2v) is 4.02. The van der Waals surface area contributed by atoms with E-state index in [0.717, 1.165) is 19.5 Å². The van der Waals surface area contributed by atoms with Gasteiger partial charge in [0.05, 0.1) is 6.04 Å². The van der Waals surface area contributed by atoms with Gasteiger partial charge in [-0.3, -0.25) is 4.79 Å². The van der Waals surface area contributed by atoms with Crippen LogP contribution in [0, 0.1) is 0 Å². The van der Waals surface area contributed by atoms with Gasteiger partial charge < -0.3 is 10.2 Å². The first kappa shape index (κ1) is 11.5. The molecule has 1 fully saturated rings. The minimum Gasteiger partial charge on any atom is -0.338 e. The van der Waals surface area contributed by atoms with Gasteiger partial charge in [-0.05, 0) is 32.7 Å². The lowest BCUT2D eigenvalue weighted by molar-refractivity contribution is -0.133. The number of nitrogens with zero attached hydrogens (tertiary/aromatic N) is 1. The zero-order valence-electron chi connectivity index (χ0n) is 9.55. The topological polar surface area (TPSA) is 32.3 Å². The quantitative estimate of drug-likeness (QED) is 0.740. The molecule has 82 valence electrons. The molecular weight excluding hydrogens is 176 g/mol. The number of carbonyl (C=O) groups is 1. The van der Waals surface area contributed by atoms with Gasteiger partial charge in [0, 0.05) is 12.6 Å². The van der Waals surface area contributed by atoms with Gasteiger partial charge in [0.1, 0.15) is 0 Å². The molecule has 0 aromatic heterocycles. The number of carbonyl (C=O) groups excluding carboxylic acids is 1. The molecule has 0 bridgehead atoms. The van der Waals surface area contributed by atoms with Crippen molar-refractivity contribution >= 4 is 5.91 Å². The molecule has 1 amide bonds. The predicted octanol–water partition coefficient (Wildman–Crippen LogP) is 1.39. The van der Waals surface area contributed by atoms with E-state index in [1.165, 1.54) is 12.8 Å². The van der Waals surface area contributed by atoms with Crippen LogP contribution in [0.25, 0.3) is 0 Å². The van der Waals surface area contributed by atoms with Gasteiger partial charge in [0.2, 0.25) is 5.91 Å². The summed E-state index contributed by atoms with van der Waals surface area (Å²) in [6, 6.07) is 0.468. The molecule has 3 nitrogen and oxygen atoms in total. The predicted molar refractivity (Wildman–Crippen MR) is 58.2 cm³/mol. The summed E-state index contributed by atoms with van der Waals surface area (Å²) >= 11 is 0. The number of rotatable bonds is 4. The Bertz CT molecular complexity index is 194. The van der Waals surface area contributed by atoms with Crippen LogP contribution in [0.3, 0.4) is 0 Å². The highest BCUT2D eigenvalue weighted by molar-refractivity contribution is 5.82. The maximum Gasteiger partial charge on any atom is 0.239 e. The molecule has 0 saturated carbocycles. The van der Waals surface area contributed by atoms with Gasteiger partial charge in [-0.25, -0.2) is 0 Å². The van der Waals surface area contributed by atoms with Crippen molar-refractivity contribution < 1.29 is 4.79 Å². The molecule has 14 heavy (non-hydrogen) atoms. The summed E-state index contributed by atoms with van der Waals surface area (Å²) in [4.78, 5) is 14.0. The van der Waals surface area contributed by atoms with Crippen LogP contribution in [-0.2, 0) is 4.79 Å². The van der Waals surface area contributed by atoms with E-state index >= 15 is 0 Å². The van der Waals surface area contributed by atoms with E-state index in [0.29, 0.717) is 6.04 Å². The van der Waals surface area contributed by atoms with Crippen LogP contribution < -0.4 is 5.32 Å². The Morgan fingerprint density at radius 2 is 2.29 bits per heavy atom. The van der Waals surface area contributed by atoms with Crippen LogP contribution in [0.15, 0.2) is 0 Å². The largest absolute Gasteiger partial charge is 0.338 e. The number of likely N-dealkylation sites (N-methyl/N-ethyl adjacent to an activating group) is 1. The maximum atomic E-state index is 12.0. The highest BCUT2D eigenvalue weighted by Crippen LogP contribution is 2.20. The Kier molecular flexibility index (Phi) is 4.39. The van der Waals surface area contributed by atoms with Crippen molar-refractivity contribution in [3.05, 3.63) is 0 Å². The standard InChI is InChI=1S/C11H22N2O/c1-4-10-7-6-8-13(10)11(14)9(3)12-5-2/h9-10,12H,4-8H2,1-3H3. The number of hydrogen-bond acceptors (Lipinski definition) is 2. The third kappa shape index (κ3) is 2.47. The molecule has 0 aromatic carbocycles. The summed E-state index contributed by atoms with van der Waals surface area (Å²) in [6.07, 6.45) is 3.44. The minimum absolute atomic E-state index is 0.0212. The molecule has 1 heterocycles. The van der Waals surface area contributed by atoms with E-state index in [9.17, 15) is 4.79 Å². The van der Waals surface area contributed by atoms with Gasteiger partial charge in [0.15, 0.2) is 0 Å². The summed E-state index contributed by atoms with van der Waals surface area (Å²) < 4.78 is 0. The van der Waals surface area contributed by atoms with E-state index in [-0.39, 0.29) is 11.9 Å². The van der Waals surface area contributed by atoms with Crippen molar-refractivity contribution in [3.63, 3.8) is 0 Å². The monoisotopic (exact) mass is 198 g/mol. The molecule has 0 spiro atoms. The lowest BCUT2D eigenvalue weighted by Crippen LogP contribution is -2.46. The molecule has 0 radical (unpaired) electrons. The Morgan fingerprint density at radius 3 is 2.86 bits per heavy atom. The summed E-state index contributed by atoms with van der Waals surface area (Å²) in [5.41, 5.74) is 0. The second-order valence-electron chi connectivity index (χ2n) is 4.02. The second kappa shape index (κ2) is 5.35. The van der Waals surface area contributed by atoms with Crippen LogP contribution in [0.5, 0.6) is 0 Å². The summed E-state index contributed by atoms with van der Waals surface area (Å²) in [6.45, 7) is 7.96. The van der Waals surface area contributed by atoms with Crippen molar-refractivity contribution in [2.24, 2.45) is 0 Å². The first-order valence-corrected chi connectivity index (χ1v) is 5.74. The Balaban J connectivity index is 2.50. The molecule has 0 aromatic rings. The summed E-state index contributed by atoms with van der Waals surface area (Å²) in [7, 11) is 0. The SMILES string of the molecule is CCNC(C)C(=O)N1CCCC1CC. The average molecular weight is 198 g/mol. The third-order valence-electron chi connectivity index (χ3n) is 3.01. The molecule has 1 saturated heterocycles. The van der Waals surface area contributed by atoms with Crippen molar-refractivity contribution in [1.82, 2.24) is 10.2 Å². The molecule has 1 rings (SSSR count). The Morgan fingerprint density at radius 1 is 1.57 bits per heavy atom. The first-order valence-electron chi connectivity index (χ1n) is 5.74. The smallest absolute Gasteiger partial charge is 0.239 e. The van der Waals surface area contributed by atoms with Crippen LogP contribution >= 0.6 is 0 Å². The number of nitrogens with one attached hydrogen (secondary N) is 1. The molecular formula is C11H22N2O. The number of likely N-dealkylation sites (tertiary alicyclic amines) is 1. The highest BCUT2D eigenvalue weighted by atomic mass is 16.2. The molecule has 2 atom stereocenters. The average Bonchev–Trinajstić information content (AvgIpc) is 2.64. The van der Waals surface area contributed by atoms with Crippen molar-refractivity contribution in [3.8, 4) is 0 Å². The zero-order chi connectivity index (χ0) is 10.6. The first-order chi connectivity index (χ1) is 6.70. The zero-order valence-corrected chi connectivity index (χ0v) is 9.55. The number of amides is 1. The van der Waals surface area contributed by atoms with E-state index < -0.39 is 0 Å². The fourth-order valence-corrected chi connectivity index (χ4v) is 2.19. The highest BCUT2D eigenvalue weighted by Gasteiger charge is 2.29. The van der Waals surface area contributed by atoms with Gasteiger partial charge in [0.25, 0.3) is 0 Å². The lowest BCUT2D eigenvalue weighted by Gasteiger charge is -2.26. The number of hydrogen-bond donors (Lipinski definition) is 1. The summed E-state index contributed by atoms with van der Waals surface area (Å²) in [5.74, 6) is 0.274. The van der Waals surface area contributed by atoms with E-state index in [2.05, 4.69) is 12.2 Å². The Labute approximate surface area is 86.9 Å². The van der Waals surface area contributed by atoms with Gasteiger partial charge >= 0.3 is 0 Å². The summed E-state index contributed by atoms with van der Waals surface area (Å²) in [5, 5.41) is 3.18. The normalized spacial score (nSPS) is 23.9. The van der Waals surface area contributed by atoms with Crippen molar-refractivity contribution in [2.75, 3.05) is 13.1 Å². The van der Waals surface area contributed by atoms with Crippen molar-refractivity contribution in [1.29, 1.82) is 0 Å². The maximum absolute atomic E-state index is 12.0. The van der Waals surface area contributed by atoms with E-state index in [4.69, 9.17) is 0 Å². The van der Waals surface area contributed by atoms with Crippen LogP contribution in [0.4, 0.5) is 0 Å². The molecule has 1 aliphatic rings. The minimum atomic E-state index is -0.0212. The molecule has 2 unspecified atom stereocenters. The Hall–Kier alpha value is -0.570. The molecule has 1 N–H and O–H groups in total. The van der Waals surface area contributed by atoms with Gasteiger partial charge in [-0.2, -0.15) is 0 Å².